The Labute approximate surface area is 127 Å². The van der Waals surface area contributed by atoms with Gasteiger partial charge in [-0.1, -0.05) is 0 Å². The van der Waals surface area contributed by atoms with Crippen molar-refractivity contribution in [3.63, 3.8) is 0 Å². The Morgan fingerprint density at radius 1 is 1.36 bits per heavy atom. The van der Waals surface area contributed by atoms with Crippen molar-refractivity contribution in [1.29, 1.82) is 0 Å². The Kier molecular flexibility index (Phi) is 4.95. The van der Waals surface area contributed by atoms with Crippen molar-refractivity contribution in [3.8, 4) is 5.75 Å². The Morgan fingerprint density at radius 3 is 2.55 bits per heavy atom. The summed E-state index contributed by atoms with van der Waals surface area (Å²) in [6, 6.07) is 5.00. The molecule has 1 heterocycles. The first kappa shape index (κ1) is 16.6. The van der Waals surface area contributed by atoms with Gasteiger partial charge in [-0.3, -0.25) is 4.79 Å². The Morgan fingerprint density at radius 2 is 2.00 bits per heavy atom. The number of nitrogens with two attached hydrogens (primary N) is 1. The second-order valence-electron chi connectivity index (χ2n) is 5.58. The average molecular weight is 316 g/mol. The lowest BCUT2D eigenvalue weighted by molar-refractivity contribution is -0.274. The number of alkyl halides is 3. The molecule has 22 heavy (non-hydrogen) atoms. The molecule has 1 saturated heterocycles. The van der Waals surface area contributed by atoms with E-state index in [0.717, 1.165) is 25.0 Å². The van der Waals surface area contributed by atoms with Crippen LogP contribution in [0.15, 0.2) is 24.3 Å². The van der Waals surface area contributed by atoms with Crippen LogP contribution in [0.5, 0.6) is 5.75 Å². The number of carbonyl (C=O) groups excluding carboxylic acids is 1. The van der Waals surface area contributed by atoms with Crippen LogP contribution in [0.3, 0.4) is 0 Å². The van der Waals surface area contributed by atoms with E-state index in [1.54, 1.807) is 4.90 Å². The molecule has 0 saturated carbocycles. The van der Waals surface area contributed by atoms with Gasteiger partial charge in [-0.15, -0.1) is 13.2 Å². The molecule has 1 fully saturated rings. The maximum Gasteiger partial charge on any atom is 0.573 e. The van der Waals surface area contributed by atoms with Crippen LogP contribution < -0.4 is 10.5 Å². The number of hydrogen-bond acceptors (Lipinski definition) is 3. The fourth-order valence-electron chi connectivity index (χ4n) is 2.61. The Bertz CT molecular complexity index is 515. The molecule has 1 aromatic rings. The zero-order valence-corrected chi connectivity index (χ0v) is 12.3. The molecule has 2 rings (SSSR count). The highest BCUT2D eigenvalue weighted by molar-refractivity contribution is 5.94. The Balaban J connectivity index is 2.03. The maximum absolute atomic E-state index is 12.4. The minimum absolute atomic E-state index is 0.0122. The molecule has 0 aromatic heterocycles. The number of benzene rings is 1. The van der Waals surface area contributed by atoms with Gasteiger partial charge in [-0.05, 0) is 49.9 Å². The number of likely N-dealkylation sites (tertiary alicyclic amines) is 1. The Hall–Kier alpha value is -1.76. The molecule has 122 valence electrons. The van der Waals surface area contributed by atoms with Crippen molar-refractivity contribution in [3.05, 3.63) is 29.8 Å². The van der Waals surface area contributed by atoms with Gasteiger partial charge in [0.25, 0.3) is 5.91 Å². The summed E-state index contributed by atoms with van der Waals surface area (Å²) in [4.78, 5) is 14.1. The van der Waals surface area contributed by atoms with Crippen LogP contribution in [0.1, 0.15) is 30.1 Å². The first-order chi connectivity index (χ1) is 10.3. The maximum atomic E-state index is 12.4. The molecule has 0 bridgehead atoms. The topological polar surface area (TPSA) is 55.6 Å². The van der Waals surface area contributed by atoms with Gasteiger partial charge in [0, 0.05) is 24.7 Å². The molecule has 0 radical (unpaired) electrons. The largest absolute Gasteiger partial charge is 0.573 e. The molecule has 7 heteroatoms. The first-order valence-electron chi connectivity index (χ1n) is 7.17. The number of amides is 1. The number of hydrogen-bond donors (Lipinski definition) is 1. The number of piperidine rings is 1. The van der Waals surface area contributed by atoms with Crippen LogP contribution in [0.2, 0.25) is 0 Å². The van der Waals surface area contributed by atoms with Crippen molar-refractivity contribution >= 4 is 5.91 Å². The molecule has 2 unspecified atom stereocenters. The van der Waals surface area contributed by atoms with E-state index in [2.05, 4.69) is 4.74 Å². The van der Waals surface area contributed by atoms with E-state index >= 15 is 0 Å². The van der Waals surface area contributed by atoms with Gasteiger partial charge in [0.15, 0.2) is 0 Å². The zero-order chi connectivity index (χ0) is 16.3. The second kappa shape index (κ2) is 6.56. The lowest BCUT2D eigenvalue weighted by Gasteiger charge is -2.34. The number of nitrogens with zero attached hydrogens (tertiary/aromatic N) is 1. The molecule has 0 aliphatic carbocycles. The lowest BCUT2D eigenvalue weighted by Crippen LogP contribution is -2.45. The van der Waals surface area contributed by atoms with Crippen LogP contribution in [0.4, 0.5) is 13.2 Å². The van der Waals surface area contributed by atoms with Crippen molar-refractivity contribution in [2.24, 2.45) is 11.7 Å². The summed E-state index contributed by atoms with van der Waals surface area (Å²) in [5.74, 6) is -0.273. The van der Waals surface area contributed by atoms with E-state index in [1.165, 1.54) is 12.1 Å². The van der Waals surface area contributed by atoms with Gasteiger partial charge in [-0.2, -0.15) is 0 Å². The van der Waals surface area contributed by atoms with Crippen LogP contribution in [-0.2, 0) is 0 Å². The molecule has 1 amide bonds. The van der Waals surface area contributed by atoms with Crippen LogP contribution >= 0.6 is 0 Å². The van der Waals surface area contributed by atoms with E-state index < -0.39 is 6.36 Å². The standard InChI is InChI=1S/C15H19F3N2O2/c1-10(19)12-3-2-8-20(9-12)14(21)11-4-6-13(7-5-11)22-15(16,17)18/h4-7,10,12H,2-3,8-9,19H2,1H3. The molecular weight excluding hydrogens is 297 g/mol. The van der Waals surface area contributed by atoms with Crippen molar-refractivity contribution < 1.29 is 22.7 Å². The fourth-order valence-corrected chi connectivity index (χ4v) is 2.61. The summed E-state index contributed by atoms with van der Waals surface area (Å²) in [5.41, 5.74) is 6.23. The molecular formula is C15H19F3N2O2. The third-order valence-corrected chi connectivity index (χ3v) is 3.82. The highest BCUT2D eigenvalue weighted by Gasteiger charge is 2.31. The highest BCUT2D eigenvalue weighted by atomic mass is 19.4. The molecule has 4 nitrogen and oxygen atoms in total. The van der Waals surface area contributed by atoms with Gasteiger partial charge in [0.2, 0.25) is 0 Å². The van der Waals surface area contributed by atoms with Gasteiger partial charge in [0.05, 0.1) is 0 Å². The molecule has 0 spiro atoms. The minimum atomic E-state index is -4.73. The van der Waals surface area contributed by atoms with Crippen molar-refractivity contribution in [2.75, 3.05) is 13.1 Å². The lowest BCUT2D eigenvalue weighted by atomic mass is 9.92. The third kappa shape index (κ3) is 4.37. The number of carbonyl (C=O) groups is 1. The summed E-state index contributed by atoms with van der Waals surface area (Å²) in [7, 11) is 0. The fraction of sp³-hybridized carbons (Fsp3) is 0.533. The summed E-state index contributed by atoms with van der Waals surface area (Å²) in [6.45, 7) is 3.14. The van der Waals surface area contributed by atoms with Gasteiger partial charge in [0.1, 0.15) is 5.75 Å². The smallest absolute Gasteiger partial charge is 0.406 e. The predicted molar refractivity (Wildman–Crippen MR) is 75.4 cm³/mol. The van der Waals surface area contributed by atoms with E-state index in [9.17, 15) is 18.0 Å². The monoisotopic (exact) mass is 316 g/mol. The SMILES string of the molecule is CC(N)C1CCCN(C(=O)c2ccc(OC(F)(F)F)cc2)C1. The van der Waals surface area contributed by atoms with Gasteiger partial charge < -0.3 is 15.4 Å². The van der Waals surface area contributed by atoms with Crippen molar-refractivity contribution in [1.82, 2.24) is 4.90 Å². The number of halogens is 3. The van der Waals surface area contributed by atoms with E-state index in [0.29, 0.717) is 18.7 Å². The highest BCUT2D eigenvalue weighted by Crippen LogP contribution is 2.24. The summed E-state index contributed by atoms with van der Waals surface area (Å²) in [6.07, 6.45) is -2.87. The average Bonchev–Trinajstić information content (AvgIpc) is 2.46. The van der Waals surface area contributed by atoms with E-state index in [4.69, 9.17) is 5.73 Å². The molecule has 2 N–H and O–H groups in total. The zero-order valence-electron chi connectivity index (χ0n) is 12.3. The van der Waals surface area contributed by atoms with Crippen LogP contribution in [-0.4, -0.2) is 36.3 Å². The third-order valence-electron chi connectivity index (χ3n) is 3.82. The van der Waals surface area contributed by atoms with Gasteiger partial charge >= 0.3 is 6.36 Å². The first-order valence-corrected chi connectivity index (χ1v) is 7.17. The summed E-state index contributed by atoms with van der Waals surface area (Å²) in [5, 5.41) is 0. The second-order valence-corrected chi connectivity index (χ2v) is 5.58. The molecule has 1 aliphatic heterocycles. The van der Waals surface area contributed by atoms with E-state index in [1.807, 2.05) is 6.92 Å². The van der Waals surface area contributed by atoms with Crippen molar-refractivity contribution in [2.45, 2.75) is 32.2 Å². The van der Waals surface area contributed by atoms with Gasteiger partial charge in [-0.25, -0.2) is 0 Å². The number of rotatable bonds is 3. The predicted octanol–water partition coefficient (Wildman–Crippen LogP) is 2.78. The van der Waals surface area contributed by atoms with Crippen LogP contribution in [0.25, 0.3) is 0 Å². The summed E-state index contributed by atoms with van der Waals surface area (Å²) >= 11 is 0. The molecule has 2 atom stereocenters. The normalized spacial score (nSPS) is 20.6. The minimum Gasteiger partial charge on any atom is -0.406 e. The van der Waals surface area contributed by atoms with E-state index in [-0.39, 0.29) is 23.6 Å². The quantitative estimate of drug-likeness (QED) is 0.933. The molecule has 1 aliphatic rings. The number of ether oxygens (including phenoxy) is 1. The summed E-state index contributed by atoms with van der Waals surface area (Å²) < 4.78 is 40.1. The van der Waals surface area contributed by atoms with Crippen LogP contribution in [0, 0.1) is 5.92 Å². The molecule has 1 aromatic carbocycles.